The molecule has 90 valence electrons. The van der Waals surface area contributed by atoms with Gasteiger partial charge in [0, 0.05) is 29.8 Å². The number of halogens is 2. The highest BCUT2D eigenvalue weighted by Gasteiger charge is 2.18. The fourth-order valence-electron chi connectivity index (χ4n) is 1.98. The molecule has 0 saturated carbocycles. The molecular formula is C11H17BrClN3. The van der Waals surface area contributed by atoms with Crippen LogP contribution in [0.25, 0.3) is 0 Å². The van der Waals surface area contributed by atoms with Crippen LogP contribution in [0.15, 0.2) is 22.8 Å². The van der Waals surface area contributed by atoms with Gasteiger partial charge in [0.15, 0.2) is 0 Å². The van der Waals surface area contributed by atoms with Gasteiger partial charge in [0.05, 0.1) is 0 Å². The first-order valence-electron chi connectivity index (χ1n) is 5.33. The Balaban J connectivity index is 0.00000128. The Kier molecular flexibility index (Phi) is 5.52. The van der Waals surface area contributed by atoms with Crippen molar-refractivity contribution in [1.82, 2.24) is 10.3 Å². The summed E-state index contributed by atoms with van der Waals surface area (Å²) in [5.41, 5.74) is 0. The number of anilines is 1. The van der Waals surface area contributed by atoms with Gasteiger partial charge in [-0.15, -0.1) is 12.4 Å². The van der Waals surface area contributed by atoms with E-state index in [1.807, 2.05) is 19.3 Å². The average molecular weight is 307 g/mol. The minimum atomic E-state index is 0. The van der Waals surface area contributed by atoms with E-state index < -0.39 is 0 Å². The van der Waals surface area contributed by atoms with Gasteiger partial charge in [0.25, 0.3) is 0 Å². The van der Waals surface area contributed by atoms with E-state index in [1.165, 1.54) is 12.8 Å². The van der Waals surface area contributed by atoms with Crippen molar-refractivity contribution >= 4 is 34.2 Å². The highest BCUT2D eigenvalue weighted by molar-refractivity contribution is 9.10. The molecule has 1 saturated heterocycles. The third-order valence-corrected chi connectivity index (χ3v) is 3.33. The molecule has 16 heavy (non-hydrogen) atoms. The fraction of sp³-hybridized carbons (Fsp3) is 0.545. The number of pyridine rings is 1. The Morgan fingerprint density at radius 1 is 1.50 bits per heavy atom. The summed E-state index contributed by atoms with van der Waals surface area (Å²) >= 11 is 3.40. The molecule has 2 rings (SSSR count). The van der Waals surface area contributed by atoms with Gasteiger partial charge in [-0.2, -0.15) is 0 Å². The molecule has 1 aliphatic heterocycles. The van der Waals surface area contributed by atoms with Crippen molar-refractivity contribution in [3.05, 3.63) is 22.8 Å². The molecule has 1 fully saturated rings. The molecule has 0 spiro atoms. The minimum Gasteiger partial charge on any atom is -0.355 e. The standard InChI is InChI=1S/C11H16BrN3.ClH/c1-13-10-3-2-6-15(8-10)11-5-4-9(12)7-14-11;/h4-5,7,10,13H,2-3,6,8H2,1H3;1H. The summed E-state index contributed by atoms with van der Waals surface area (Å²) < 4.78 is 1.04. The minimum absolute atomic E-state index is 0. The summed E-state index contributed by atoms with van der Waals surface area (Å²) in [6.07, 6.45) is 4.37. The average Bonchev–Trinajstić information content (AvgIpc) is 2.30. The maximum Gasteiger partial charge on any atom is 0.128 e. The summed E-state index contributed by atoms with van der Waals surface area (Å²) in [7, 11) is 2.03. The second-order valence-corrected chi connectivity index (χ2v) is 4.82. The number of piperidine rings is 1. The summed E-state index contributed by atoms with van der Waals surface area (Å²) in [5, 5.41) is 3.34. The number of hydrogen-bond donors (Lipinski definition) is 1. The Morgan fingerprint density at radius 3 is 2.94 bits per heavy atom. The molecule has 1 aromatic heterocycles. The third kappa shape index (κ3) is 3.34. The van der Waals surface area contributed by atoms with Crippen LogP contribution in [0.3, 0.4) is 0 Å². The van der Waals surface area contributed by atoms with Crippen LogP contribution < -0.4 is 10.2 Å². The lowest BCUT2D eigenvalue weighted by Crippen LogP contribution is -2.44. The lowest BCUT2D eigenvalue weighted by atomic mass is 10.1. The first kappa shape index (κ1) is 13.7. The van der Waals surface area contributed by atoms with Crippen molar-refractivity contribution in [3.8, 4) is 0 Å². The van der Waals surface area contributed by atoms with E-state index in [0.717, 1.165) is 23.4 Å². The predicted octanol–water partition coefficient (Wildman–Crippen LogP) is 2.45. The molecule has 5 heteroatoms. The quantitative estimate of drug-likeness (QED) is 0.910. The zero-order valence-corrected chi connectivity index (χ0v) is 11.7. The molecule has 1 atom stereocenters. The molecule has 2 heterocycles. The Morgan fingerprint density at radius 2 is 2.31 bits per heavy atom. The molecule has 1 aromatic rings. The van der Waals surface area contributed by atoms with Gasteiger partial charge in [-0.05, 0) is 48.0 Å². The molecular weight excluding hydrogens is 289 g/mol. The second-order valence-electron chi connectivity index (χ2n) is 3.91. The van der Waals surface area contributed by atoms with Crippen molar-refractivity contribution in [2.45, 2.75) is 18.9 Å². The van der Waals surface area contributed by atoms with Crippen molar-refractivity contribution in [2.24, 2.45) is 0 Å². The lowest BCUT2D eigenvalue weighted by molar-refractivity contribution is 0.447. The smallest absolute Gasteiger partial charge is 0.128 e. The van der Waals surface area contributed by atoms with Crippen LogP contribution in [-0.4, -0.2) is 31.2 Å². The van der Waals surface area contributed by atoms with Gasteiger partial charge in [-0.3, -0.25) is 0 Å². The molecule has 3 nitrogen and oxygen atoms in total. The number of likely N-dealkylation sites (N-methyl/N-ethyl adjacent to an activating group) is 1. The van der Waals surface area contributed by atoms with Crippen LogP contribution in [-0.2, 0) is 0 Å². The van der Waals surface area contributed by atoms with Gasteiger partial charge in [0.2, 0.25) is 0 Å². The number of rotatable bonds is 2. The number of aromatic nitrogens is 1. The normalized spacial score (nSPS) is 20.4. The summed E-state index contributed by atoms with van der Waals surface area (Å²) in [6, 6.07) is 4.72. The Bertz CT molecular complexity index is 318. The van der Waals surface area contributed by atoms with Crippen molar-refractivity contribution in [2.75, 3.05) is 25.0 Å². The van der Waals surface area contributed by atoms with Gasteiger partial charge in [0.1, 0.15) is 5.82 Å². The van der Waals surface area contributed by atoms with Crippen LogP contribution in [0.4, 0.5) is 5.82 Å². The Hall–Kier alpha value is -0.320. The molecule has 1 aliphatic rings. The number of nitrogens with zero attached hydrogens (tertiary/aromatic N) is 2. The monoisotopic (exact) mass is 305 g/mol. The van der Waals surface area contributed by atoms with Crippen molar-refractivity contribution in [1.29, 1.82) is 0 Å². The van der Waals surface area contributed by atoms with Crippen molar-refractivity contribution in [3.63, 3.8) is 0 Å². The van der Waals surface area contributed by atoms with Crippen LogP contribution in [0.2, 0.25) is 0 Å². The summed E-state index contributed by atoms with van der Waals surface area (Å²) in [6.45, 7) is 2.18. The lowest BCUT2D eigenvalue weighted by Gasteiger charge is -2.33. The van der Waals surface area contributed by atoms with Crippen LogP contribution in [0.1, 0.15) is 12.8 Å². The Labute approximate surface area is 111 Å². The predicted molar refractivity (Wildman–Crippen MR) is 73.5 cm³/mol. The van der Waals surface area contributed by atoms with Crippen LogP contribution in [0, 0.1) is 0 Å². The van der Waals surface area contributed by atoms with Crippen molar-refractivity contribution < 1.29 is 0 Å². The largest absolute Gasteiger partial charge is 0.355 e. The molecule has 1 unspecified atom stereocenters. The van der Waals surface area contributed by atoms with E-state index in [1.54, 1.807) is 0 Å². The first-order valence-corrected chi connectivity index (χ1v) is 6.12. The van der Waals surface area contributed by atoms with Gasteiger partial charge in [-0.25, -0.2) is 4.98 Å². The van der Waals surface area contributed by atoms with E-state index in [9.17, 15) is 0 Å². The fourth-order valence-corrected chi connectivity index (χ4v) is 2.21. The molecule has 0 amide bonds. The summed E-state index contributed by atoms with van der Waals surface area (Å²) in [4.78, 5) is 6.77. The molecule has 0 aromatic carbocycles. The summed E-state index contributed by atoms with van der Waals surface area (Å²) in [5.74, 6) is 1.08. The van der Waals surface area contributed by atoms with Crippen LogP contribution >= 0.6 is 28.3 Å². The van der Waals surface area contributed by atoms with E-state index >= 15 is 0 Å². The maximum absolute atomic E-state index is 4.42. The topological polar surface area (TPSA) is 28.2 Å². The molecule has 0 radical (unpaired) electrons. The SMILES string of the molecule is CNC1CCCN(c2ccc(Br)cn2)C1.Cl. The number of hydrogen-bond acceptors (Lipinski definition) is 3. The van der Waals surface area contributed by atoms with Crippen LogP contribution in [0.5, 0.6) is 0 Å². The van der Waals surface area contributed by atoms with Gasteiger partial charge >= 0.3 is 0 Å². The maximum atomic E-state index is 4.42. The molecule has 0 aliphatic carbocycles. The van der Waals surface area contributed by atoms with E-state index in [4.69, 9.17) is 0 Å². The highest BCUT2D eigenvalue weighted by Crippen LogP contribution is 2.19. The van der Waals surface area contributed by atoms with Gasteiger partial charge < -0.3 is 10.2 Å². The molecule has 1 N–H and O–H groups in total. The molecule has 0 bridgehead atoms. The van der Waals surface area contributed by atoms with Gasteiger partial charge in [-0.1, -0.05) is 0 Å². The highest BCUT2D eigenvalue weighted by atomic mass is 79.9. The number of nitrogens with one attached hydrogen (secondary N) is 1. The van der Waals surface area contributed by atoms with E-state index in [2.05, 4.69) is 37.2 Å². The first-order chi connectivity index (χ1) is 7.29. The third-order valence-electron chi connectivity index (χ3n) is 2.87. The second kappa shape index (κ2) is 6.42. The van der Waals surface area contributed by atoms with E-state index in [0.29, 0.717) is 6.04 Å². The zero-order chi connectivity index (χ0) is 10.7. The zero-order valence-electron chi connectivity index (χ0n) is 9.32. The van der Waals surface area contributed by atoms with E-state index in [-0.39, 0.29) is 12.4 Å².